The summed E-state index contributed by atoms with van der Waals surface area (Å²) in [6, 6.07) is 10.1. The standard InChI is InChI=1S/C21H23F2NO4/c1-13-8-10-17(26-3)16(12-13)14(2)24-19(25)11-9-15-6-5-7-18(27-4)20(15)28-21(22)23/h5-12,14,21H,1-4H3,(H,24,25)/b11-9+/t14-/m0/s1. The number of methoxy groups -OCH3 is 2. The molecule has 150 valence electrons. The maximum absolute atomic E-state index is 12.7. The topological polar surface area (TPSA) is 56.8 Å². The summed E-state index contributed by atoms with van der Waals surface area (Å²) in [7, 11) is 2.92. The maximum atomic E-state index is 12.7. The third-order valence-corrected chi connectivity index (χ3v) is 4.06. The molecular weight excluding hydrogens is 368 g/mol. The Kier molecular flexibility index (Phi) is 7.37. The van der Waals surface area contributed by atoms with Crippen molar-refractivity contribution in [1.29, 1.82) is 0 Å². The van der Waals surface area contributed by atoms with Crippen LogP contribution >= 0.6 is 0 Å². The van der Waals surface area contributed by atoms with Crippen LogP contribution in [0.15, 0.2) is 42.5 Å². The first-order valence-electron chi connectivity index (χ1n) is 8.60. The van der Waals surface area contributed by atoms with E-state index in [9.17, 15) is 13.6 Å². The van der Waals surface area contributed by atoms with Crippen molar-refractivity contribution in [2.45, 2.75) is 26.5 Å². The van der Waals surface area contributed by atoms with Crippen LogP contribution in [0.1, 0.15) is 29.7 Å². The van der Waals surface area contributed by atoms with Gasteiger partial charge in [-0.25, -0.2) is 0 Å². The van der Waals surface area contributed by atoms with Gasteiger partial charge in [0.15, 0.2) is 11.5 Å². The lowest BCUT2D eigenvalue weighted by molar-refractivity contribution is -0.117. The molecule has 1 amide bonds. The average molecular weight is 391 g/mol. The molecule has 2 aromatic carbocycles. The Balaban J connectivity index is 2.17. The number of alkyl halides is 2. The van der Waals surface area contributed by atoms with E-state index >= 15 is 0 Å². The molecule has 0 aromatic heterocycles. The Morgan fingerprint density at radius 3 is 2.46 bits per heavy atom. The molecule has 0 radical (unpaired) electrons. The van der Waals surface area contributed by atoms with Crippen LogP contribution in [-0.2, 0) is 4.79 Å². The largest absolute Gasteiger partial charge is 0.496 e. The third-order valence-electron chi connectivity index (χ3n) is 4.06. The molecule has 0 aliphatic rings. The molecule has 0 saturated carbocycles. The van der Waals surface area contributed by atoms with E-state index in [1.54, 1.807) is 19.2 Å². The second-order valence-corrected chi connectivity index (χ2v) is 6.07. The van der Waals surface area contributed by atoms with Crippen molar-refractivity contribution in [3.63, 3.8) is 0 Å². The van der Waals surface area contributed by atoms with Crippen LogP contribution in [0, 0.1) is 6.92 Å². The molecule has 7 heteroatoms. The fourth-order valence-electron chi connectivity index (χ4n) is 2.74. The highest BCUT2D eigenvalue weighted by molar-refractivity contribution is 5.92. The van der Waals surface area contributed by atoms with E-state index in [0.29, 0.717) is 11.3 Å². The Hall–Kier alpha value is -3.09. The van der Waals surface area contributed by atoms with Gasteiger partial charge in [0, 0.05) is 17.2 Å². The van der Waals surface area contributed by atoms with Crippen LogP contribution in [0.5, 0.6) is 17.2 Å². The molecule has 0 aliphatic carbocycles. The van der Waals surface area contributed by atoms with Crippen molar-refractivity contribution in [3.8, 4) is 17.2 Å². The number of carbonyl (C=O) groups is 1. The summed E-state index contributed by atoms with van der Waals surface area (Å²) in [6.45, 7) is 0.774. The maximum Gasteiger partial charge on any atom is 0.387 e. The van der Waals surface area contributed by atoms with Gasteiger partial charge in [0.25, 0.3) is 0 Å². The van der Waals surface area contributed by atoms with Gasteiger partial charge in [-0.05, 0) is 32.1 Å². The van der Waals surface area contributed by atoms with Gasteiger partial charge in [0.1, 0.15) is 5.75 Å². The minimum atomic E-state index is -3.01. The zero-order valence-electron chi connectivity index (χ0n) is 16.2. The van der Waals surface area contributed by atoms with Gasteiger partial charge in [-0.15, -0.1) is 0 Å². The first-order chi connectivity index (χ1) is 13.3. The van der Waals surface area contributed by atoms with Gasteiger partial charge >= 0.3 is 6.61 Å². The van der Waals surface area contributed by atoms with Crippen LogP contribution in [0.2, 0.25) is 0 Å². The predicted molar refractivity (Wildman–Crippen MR) is 103 cm³/mol. The fourth-order valence-corrected chi connectivity index (χ4v) is 2.74. The molecule has 2 rings (SSSR count). The van der Waals surface area contributed by atoms with E-state index in [2.05, 4.69) is 10.1 Å². The third kappa shape index (κ3) is 5.45. The van der Waals surface area contributed by atoms with Crippen LogP contribution in [-0.4, -0.2) is 26.7 Å². The quantitative estimate of drug-likeness (QED) is 0.673. The van der Waals surface area contributed by atoms with Crippen molar-refractivity contribution >= 4 is 12.0 Å². The SMILES string of the molecule is COc1ccc(C)cc1[C@H](C)NC(=O)/C=C/c1cccc(OC)c1OC(F)F. The van der Waals surface area contributed by atoms with Gasteiger partial charge in [0.2, 0.25) is 5.91 Å². The predicted octanol–water partition coefficient (Wildman–Crippen LogP) is 4.50. The Morgan fingerprint density at radius 2 is 1.82 bits per heavy atom. The zero-order valence-corrected chi connectivity index (χ0v) is 16.2. The Bertz CT molecular complexity index is 852. The van der Waals surface area contributed by atoms with Crippen molar-refractivity contribution in [2.24, 2.45) is 0 Å². The fraction of sp³-hybridized carbons (Fsp3) is 0.286. The van der Waals surface area contributed by atoms with Gasteiger partial charge in [-0.1, -0.05) is 29.8 Å². The number of hydrogen-bond donors (Lipinski definition) is 1. The minimum Gasteiger partial charge on any atom is -0.496 e. The monoisotopic (exact) mass is 391 g/mol. The number of aryl methyl sites for hydroxylation is 1. The summed E-state index contributed by atoms with van der Waals surface area (Å²) in [5, 5.41) is 2.83. The summed E-state index contributed by atoms with van der Waals surface area (Å²) in [5.41, 5.74) is 2.18. The molecule has 0 spiro atoms. The Labute approximate surface area is 162 Å². The van der Waals surface area contributed by atoms with Crippen LogP contribution in [0.3, 0.4) is 0 Å². The summed E-state index contributed by atoms with van der Waals surface area (Å²) in [6.07, 6.45) is 2.65. The van der Waals surface area contributed by atoms with Crippen molar-refractivity contribution in [2.75, 3.05) is 14.2 Å². The van der Waals surface area contributed by atoms with Gasteiger partial charge < -0.3 is 19.5 Å². The number of carbonyl (C=O) groups excluding carboxylic acids is 1. The summed E-state index contributed by atoms with van der Waals surface area (Å²) in [5.74, 6) is 0.308. The number of rotatable bonds is 8. The molecule has 5 nitrogen and oxygen atoms in total. The van der Waals surface area contributed by atoms with Gasteiger partial charge in [-0.3, -0.25) is 4.79 Å². The van der Waals surface area contributed by atoms with Crippen LogP contribution in [0.4, 0.5) is 8.78 Å². The van der Waals surface area contributed by atoms with Crippen molar-refractivity contribution in [1.82, 2.24) is 5.32 Å². The average Bonchev–Trinajstić information content (AvgIpc) is 2.66. The van der Waals surface area contributed by atoms with E-state index in [4.69, 9.17) is 9.47 Å². The van der Waals surface area contributed by atoms with Gasteiger partial charge in [-0.2, -0.15) is 8.78 Å². The number of para-hydroxylation sites is 1. The molecule has 28 heavy (non-hydrogen) atoms. The molecule has 0 bridgehead atoms. The molecule has 0 unspecified atom stereocenters. The molecule has 0 heterocycles. The summed E-state index contributed by atoms with van der Waals surface area (Å²) < 4.78 is 40.3. The number of benzene rings is 2. The number of ether oxygens (including phenoxy) is 3. The summed E-state index contributed by atoms with van der Waals surface area (Å²) >= 11 is 0. The van der Waals surface area contributed by atoms with E-state index < -0.39 is 6.61 Å². The van der Waals surface area contributed by atoms with E-state index in [0.717, 1.165) is 11.1 Å². The lowest BCUT2D eigenvalue weighted by Gasteiger charge is -2.17. The molecular formula is C21H23F2NO4. The second-order valence-electron chi connectivity index (χ2n) is 6.07. The van der Waals surface area contributed by atoms with Crippen LogP contribution < -0.4 is 19.5 Å². The normalized spacial score (nSPS) is 12.1. The first-order valence-corrected chi connectivity index (χ1v) is 8.60. The number of halogens is 2. The molecule has 2 aromatic rings. The Morgan fingerprint density at radius 1 is 1.11 bits per heavy atom. The van der Waals surface area contributed by atoms with E-state index in [-0.39, 0.29) is 23.4 Å². The van der Waals surface area contributed by atoms with E-state index in [1.165, 1.54) is 25.3 Å². The highest BCUT2D eigenvalue weighted by Gasteiger charge is 2.15. The number of hydrogen-bond acceptors (Lipinski definition) is 4. The van der Waals surface area contributed by atoms with Gasteiger partial charge in [0.05, 0.1) is 20.3 Å². The summed E-state index contributed by atoms with van der Waals surface area (Å²) in [4.78, 5) is 12.3. The molecule has 0 aliphatic heterocycles. The lowest BCUT2D eigenvalue weighted by atomic mass is 10.0. The lowest BCUT2D eigenvalue weighted by Crippen LogP contribution is -2.25. The zero-order chi connectivity index (χ0) is 20.7. The van der Waals surface area contributed by atoms with E-state index in [1.807, 2.05) is 32.0 Å². The first kappa shape index (κ1) is 21.2. The van der Waals surface area contributed by atoms with Crippen LogP contribution in [0.25, 0.3) is 6.08 Å². The highest BCUT2D eigenvalue weighted by Crippen LogP contribution is 2.33. The van der Waals surface area contributed by atoms with Crippen molar-refractivity contribution < 1.29 is 27.8 Å². The second kappa shape index (κ2) is 9.73. The minimum absolute atomic E-state index is 0.127. The molecule has 0 saturated heterocycles. The highest BCUT2D eigenvalue weighted by atomic mass is 19.3. The molecule has 1 N–H and O–H groups in total. The number of amides is 1. The number of nitrogens with one attached hydrogen (secondary N) is 1. The molecule has 0 fully saturated rings. The molecule has 1 atom stereocenters. The smallest absolute Gasteiger partial charge is 0.387 e. The van der Waals surface area contributed by atoms with Crippen molar-refractivity contribution in [3.05, 3.63) is 59.2 Å².